The van der Waals surface area contributed by atoms with Crippen LogP contribution in [0.2, 0.25) is 39.3 Å². The van der Waals surface area contributed by atoms with Gasteiger partial charge in [0.25, 0.3) is 0 Å². The summed E-state index contributed by atoms with van der Waals surface area (Å²) in [6.07, 6.45) is 0. The minimum atomic E-state index is -1.66. The number of para-hydroxylation sites is 4. The van der Waals surface area contributed by atoms with E-state index in [1.807, 2.05) is 0 Å². The predicted molar refractivity (Wildman–Crippen MR) is 383 cm³/mol. The molecule has 0 saturated carbocycles. The average molecular weight is 1180 g/mol. The van der Waals surface area contributed by atoms with Crippen LogP contribution in [0.25, 0.3) is 99.2 Å². The van der Waals surface area contributed by atoms with E-state index in [0.717, 1.165) is 78.0 Å². The van der Waals surface area contributed by atoms with Gasteiger partial charge in [-0.3, -0.25) is 0 Å². The lowest BCUT2D eigenvalue weighted by molar-refractivity contribution is 0.657. The zero-order valence-corrected chi connectivity index (χ0v) is 54.3. The van der Waals surface area contributed by atoms with Crippen LogP contribution in [0.5, 0.6) is 0 Å². The zero-order valence-electron chi connectivity index (χ0n) is 52.3. The molecule has 0 saturated heterocycles. The van der Waals surface area contributed by atoms with Gasteiger partial charge in [0, 0.05) is 44.3 Å². The second kappa shape index (κ2) is 19.3. The van der Waals surface area contributed by atoms with Crippen LogP contribution in [0.4, 0.5) is 34.1 Å². The van der Waals surface area contributed by atoms with Crippen molar-refractivity contribution in [3.63, 3.8) is 0 Å². The highest BCUT2D eigenvalue weighted by molar-refractivity contribution is 6.89. The maximum absolute atomic E-state index is 7.25. The molecule has 0 N–H and O–H groups in total. The molecule has 432 valence electrons. The van der Waals surface area contributed by atoms with Crippen LogP contribution in [0.15, 0.2) is 239 Å². The Balaban J connectivity index is 0.967. The van der Waals surface area contributed by atoms with Crippen LogP contribution in [-0.2, 0) is 5.41 Å². The molecule has 0 radical (unpaired) electrons. The third-order valence-corrected chi connectivity index (χ3v) is 24.2. The van der Waals surface area contributed by atoms with Crippen molar-refractivity contribution in [3.05, 3.63) is 264 Å². The molecule has 0 amide bonds. The molecule has 2 aromatic heterocycles. The lowest BCUT2D eigenvalue weighted by atomic mass is 9.70. The van der Waals surface area contributed by atoms with E-state index in [4.69, 9.17) is 8.83 Å². The Bertz CT molecular complexity index is 5060. The fourth-order valence-electron chi connectivity index (χ4n) is 15.8. The summed E-state index contributed by atoms with van der Waals surface area (Å²) >= 11 is 0. The molecule has 2 heterocycles. The number of benzene rings is 12. The third kappa shape index (κ3) is 7.69. The Kier molecular flexibility index (Phi) is 11.6. The third-order valence-electron chi connectivity index (χ3n) is 20.1. The zero-order chi connectivity index (χ0) is 60.6. The van der Waals surface area contributed by atoms with Crippen molar-refractivity contribution >= 4 is 115 Å². The maximum atomic E-state index is 7.25. The summed E-state index contributed by atoms with van der Waals surface area (Å²) in [6.45, 7) is 23.6. The summed E-state index contributed by atoms with van der Waals surface area (Å²) in [7, 11) is -3.32. The predicted octanol–water partition coefficient (Wildman–Crippen LogP) is 22.9. The van der Waals surface area contributed by atoms with Crippen molar-refractivity contribution in [3.8, 4) is 44.5 Å². The highest BCUT2D eigenvalue weighted by Gasteiger charge is 2.53. The highest BCUT2D eigenvalue weighted by Crippen LogP contribution is 2.67. The van der Waals surface area contributed by atoms with Crippen LogP contribution in [0.1, 0.15) is 72.9 Å². The lowest BCUT2D eigenvalue weighted by Crippen LogP contribution is -2.37. The molecule has 0 atom stereocenters. The van der Waals surface area contributed by atoms with Crippen molar-refractivity contribution in [1.82, 2.24) is 0 Å². The minimum absolute atomic E-state index is 0.293. The van der Waals surface area contributed by atoms with Crippen LogP contribution < -0.4 is 20.2 Å². The quantitative estimate of drug-likeness (QED) is 0.128. The lowest BCUT2D eigenvalue weighted by Gasteiger charge is -2.33. The first-order chi connectivity index (χ1) is 43.1. The van der Waals surface area contributed by atoms with E-state index < -0.39 is 21.6 Å². The number of hydrogen-bond donors (Lipinski definition) is 0. The van der Waals surface area contributed by atoms with Gasteiger partial charge in [0.05, 0.1) is 32.9 Å². The molecule has 17 rings (SSSR count). The van der Waals surface area contributed by atoms with Gasteiger partial charge in [-0.25, -0.2) is 0 Å². The fourth-order valence-corrected chi connectivity index (χ4v) is 18.1. The smallest absolute Gasteiger partial charge is 0.159 e. The first-order valence-corrected chi connectivity index (χ1v) is 38.9. The van der Waals surface area contributed by atoms with Gasteiger partial charge in [0.15, 0.2) is 11.2 Å². The molecule has 89 heavy (non-hydrogen) atoms. The average Bonchev–Trinajstić information content (AvgIpc) is 1.50. The summed E-state index contributed by atoms with van der Waals surface area (Å²) in [5.41, 5.74) is 27.0. The number of rotatable bonds is 10. The fraction of sp³-hybridized carbons (Fsp3) is 0.157. The van der Waals surface area contributed by atoms with E-state index in [1.54, 1.807) is 0 Å². The maximum Gasteiger partial charge on any atom is 0.159 e. The monoisotopic (exact) mass is 1180 g/mol. The molecule has 14 aromatic rings. The number of hydrogen-bond acceptors (Lipinski definition) is 4. The molecule has 6 heteroatoms. The molecule has 4 nitrogen and oxygen atoms in total. The number of nitrogens with zero attached hydrogens (tertiary/aromatic N) is 2. The van der Waals surface area contributed by atoms with Gasteiger partial charge in [-0.1, -0.05) is 241 Å². The minimum Gasteiger partial charge on any atom is -0.454 e. The van der Waals surface area contributed by atoms with E-state index in [2.05, 4.69) is 307 Å². The number of anilines is 6. The van der Waals surface area contributed by atoms with Gasteiger partial charge in [-0.15, -0.1) is 0 Å². The summed E-state index contributed by atoms with van der Waals surface area (Å²) in [5, 5.41) is 9.98. The first-order valence-electron chi connectivity index (χ1n) is 31.9. The summed E-state index contributed by atoms with van der Waals surface area (Å²) < 4.78 is 14.5. The molecule has 0 bridgehead atoms. The second-order valence-corrected chi connectivity index (χ2v) is 38.1. The van der Waals surface area contributed by atoms with Gasteiger partial charge in [0.2, 0.25) is 0 Å². The van der Waals surface area contributed by atoms with Crippen LogP contribution >= 0.6 is 0 Å². The second-order valence-electron chi connectivity index (χ2n) is 27.9. The van der Waals surface area contributed by atoms with Crippen molar-refractivity contribution in [2.45, 2.75) is 84.2 Å². The van der Waals surface area contributed by atoms with Crippen LogP contribution in [0, 0.1) is 0 Å². The molecule has 0 aliphatic heterocycles. The molecule has 0 fully saturated rings. The largest absolute Gasteiger partial charge is 0.454 e. The van der Waals surface area contributed by atoms with Crippen molar-refractivity contribution in [1.29, 1.82) is 0 Å². The first kappa shape index (κ1) is 53.7. The Hall–Kier alpha value is -9.47. The Morgan fingerprint density at radius 1 is 0.315 bits per heavy atom. The summed E-state index contributed by atoms with van der Waals surface area (Å²) in [6, 6.07) is 88.3. The summed E-state index contributed by atoms with van der Waals surface area (Å²) in [4.78, 5) is 4.95. The SMILES string of the molecule is CC(C)c1cccc2c1oc1c(N(c3ccc([Si](C)(C)C)cc3)c3ccc4c(c3)C3(c5cc(N(c6ccc([Si](C)(C)C)cc6)c6cccc7c6oc6c(C(C)C)cccc67)ccc5-4)c4ccccc4-c4c3cc3c5c(cccc45)-c4ccccc4-3)cccc12. The molecule has 12 aromatic carbocycles. The van der Waals surface area contributed by atoms with Gasteiger partial charge < -0.3 is 18.6 Å². The van der Waals surface area contributed by atoms with E-state index >= 15 is 0 Å². The normalized spacial score (nSPS) is 13.6. The molecular formula is C83H70N2O2Si2. The van der Waals surface area contributed by atoms with E-state index in [-0.39, 0.29) is 0 Å². The van der Waals surface area contributed by atoms with E-state index in [9.17, 15) is 0 Å². The van der Waals surface area contributed by atoms with Gasteiger partial charge in [-0.2, -0.15) is 0 Å². The van der Waals surface area contributed by atoms with Crippen LogP contribution in [-0.4, -0.2) is 16.1 Å². The van der Waals surface area contributed by atoms with E-state index in [1.165, 1.54) is 99.0 Å². The number of furan rings is 2. The van der Waals surface area contributed by atoms with Crippen LogP contribution in [0.3, 0.4) is 0 Å². The topological polar surface area (TPSA) is 32.8 Å². The number of fused-ring (bicyclic) bond motifs is 20. The van der Waals surface area contributed by atoms with E-state index in [0.29, 0.717) is 11.8 Å². The molecule has 1 spiro atoms. The Morgan fingerprint density at radius 2 is 0.719 bits per heavy atom. The van der Waals surface area contributed by atoms with Gasteiger partial charge in [-0.05, 0) is 167 Å². The molecule has 3 aliphatic carbocycles. The van der Waals surface area contributed by atoms with Crippen molar-refractivity contribution in [2.75, 3.05) is 9.80 Å². The molecule has 3 aliphatic rings. The standard InChI is InChI=1S/C83H70N2O2Si2/c1-49(2)57-23-15-26-64-66-28-18-32-75(81(66)86-79(57)64)84(51-34-40-55(41-35-51)88(5,6)7)53-38-44-61-62-45-39-54(85(52-36-42-56(43-37-52)89(8,9)10)76-33-19-29-67-65-27-16-24-58(50(3)4)80(65)87-82(67)76)47-73(62)83(72(61)46-53)71-31-14-13-22-68(71)78-69-30-17-25-63-59-20-11-12-21-60(59)70(77(63)69)48-74(78)83/h11-50H,1-10H3. The molecule has 0 unspecified atom stereocenters. The van der Waals surface area contributed by atoms with Gasteiger partial charge in [0.1, 0.15) is 11.2 Å². The Morgan fingerprint density at radius 3 is 1.20 bits per heavy atom. The summed E-state index contributed by atoms with van der Waals surface area (Å²) in [5.74, 6) is 0.587. The van der Waals surface area contributed by atoms with Crippen molar-refractivity contribution < 1.29 is 8.83 Å². The van der Waals surface area contributed by atoms with Gasteiger partial charge >= 0.3 is 0 Å². The van der Waals surface area contributed by atoms with Crippen molar-refractivity contribution in [2.24, 2.45) is 0 Å². The Labute approximate surface area is 523 Å². The highest BCUT2D eigenvalue weighted by atomic mass is 28.3. The molecular weight excluding hydrogens is 1110 g/mol.